The average molecular weight is 386 g/mol. The molecule has 1 aliphatic heterocycles. The summed E-state index contributed by atoms with van der Waals surface area (Å²) in [7, 11) is 1.57. The van der Waals surface area contributed by atoms with Crippen LogP contribution < -0.4 is 4.74 Å². The van der Waals surface area contributed by atoms with Crippen molar-refractivity contribution in [2.45, 2.75) is 76.7 Å². The second-order valence-electron chi connectivity index (χ2n) is 7.85. The average Bonchev–Trinajstić information content (AvgIpc) is 2.91. The van der Waals surface area contributed by atoms with Crippen LogP contribution in [0.15, 0.2) is 30.0 Å². The van der Waals surface area contributed by atoms with E-state index >= 15 is 0 Å². The van der Waals surface area contributed by atoms with Crippen molar-refractivity contribution in [3.63, 3.8) is 0 Å². The lowest BCUT2D eigenvalue weighted by Crippen LogP contribution is -2.41. The molecule has 1 heterocycles. The first kappa shape index (κ1) is 20.4. The Balaban J connectivity index is 1.77. The molecule has 1 aromatic carbocycles. The van der Waals surface area contributed by atoms with E-state index < -0.39 is 11.7 Å². The molecule has 152 valence electrons. The largest absolute Gasteiger partial charge is 0.502 e. The maximum absolute atomic E-state index is 13.1. The van der Waals surface area contributed by atoms with E-state index in [0.717, 1.165) is 38.5 Å². The summed E-state index contributed by atoms with van der Waals surface area (Å²) < 4.78 is 5.15. The van der Waals surface area contributed by atoms with Gasteiger partial charge in [0.05, 0.1) is 12.7 Å². The third-order valence-corrected chi connectivity index (χ3v) is 5.91. The van der Waals surface area contributed by atoms with Crippen LogP contribution >= 0.6 is 0 Å². The summed E-state index contributed by atoms with van der Waals surface area (Å²) in [6.45, 7) is 0. The highest BCUT2D eigenvalue weighted by Crippen LogP contribution is 2.33. The predicted molar refractivity (Wildman–Crippen MR) is 109 cm³/mol. The van der Waals surface area contributed by atoms with Crippen molar-refractivity contribution < 1.29 is 19.4 Å². The van der Waals surface area contributed by atoms with Crippen LogP contribution in [0.5, 0.6) is 5.75 Å². The van der Waals surface area contributed by atoms with Gasteiger partial charge in [-0.05, 0) is 30.5 Å². The summed E-state index contributed by atoms with van der Waals surface area (Å²) in [5, 5.41) is 10.5. The molecule has 5 nitrogen and oxygen atoms in total. The molecule has 0 atom stereocenters. The van der Waals surface area contributed by atoms with E-state index in [0.29, 0.717) is 11.3 Å². The van der Waals surface area contributed by atoms with Crippen LogP contribution in [0.2, 0.25) is 0 Å². The van der Waals surface area contributed by atoms with Gasteiger partial charge in [-0.1, -0.05) is 69.9 Å². The van der Waals surface area contributed by atoms with Crippen LogP contribution in [-0.4, -0.2) is 35.0 Å². The standard InChI is InChI=1S/C23H31NO4/c1-28-19-15-13-17(14-16-19)20-21(25)23(27)24(22(20)26)18-11-9-7-5-3-2-4-6-8-10-12-18/h13-16,18,25H,2-12H2,1H3. The number of amides is 2. The fourth-order valence-electron chi connectivity index (χ4n) is 4.28. The Labute approximate surface area is 167 Å². The molecule has 2 amide bonds. The monoisotopic (exact) mass is 385 g/mol. The minimum atomic E-state index is -0.548. The first-order valence-electron chi connectivity index (χ1n) is 10.6. The van der Waals surface area contributed by atoms with Gasteiger partial charge in [-0.25, -0.2) is 0 Å². The molecule has 2 aliphatic rings. The fraction of sp³-hybridized carbons (Fsp3) is 0.565. The van der Waals surface area contributed by atoms with Gasteiger partial charge < -0.3 is 9.84 Å². The lowest BCUT2D eigenvalue weighted by atomic mass is 9.96. The summed E-state index contributed by atoms with van der Waals surface area (Å²) >= 11 is 0. The zero-order chi connectivity index (χ0) is 19.9. The van der Waals surface area contributed by atoms with Crippen molar-refractivity contribution in [1.82, 2.24) is 4.90 Å². The number of carbonyl (C=O) groups is 2. The summed E-state index contributed by atoms with van der Waals surface area (Å²) in [5.74, 6) is -0.684. The number of aliphatic hydroxyl groups excluding tert-OH is 1. The quantitative estimate of drug-likeness (QED) is 0.743. The maximum atomic E-state index is 13.1. The molecule has 1 N–H and O–H groups in total. The Hall–Kier alpha value is -2.30. The maximum Gasteiger partial charge on any atom is 0.296 e. The van der Waals surface area contributed by atoms with Crippen LogP contribution in [0.25, 0.3) is 5.57 Å². The summed E-state index contributed by atoms with van der Waals surface area (Å²) in [5.41, 5.74) is 0.658. The molecule has 1 aromatic rings. The van der Waals surface area contributed by atoms with Crippen molar-refractivity contribution in [2.24, 2.45) is 0 Å². The first-order valence-corrected chi connectivity index (χ1v) is 10.6. The van der Waals surface area contributed by atoms with E-state index in [9.17, 15) is 14.7 Å². The predicted octanol–water partition coefficient (Wildman–Crippen LogP) is 5.01. The van der Waals surface area contributed by atoms with Crippen LogP contribution in [-0.2, 0) is 9.59 Å². The molecule has 3 rings (SSSR count). The zero-order valence-electron chi connectivity index (χ0n) is 16.8. The van der Waals surface area contributed by atoms with Gasteiger partial charge in [0.25, 0.3) is 11.8 Å². The highest BCUT2D eigenvalue weighted by molar-refractivity contribution is 6.35. The molecule has 1 saturated carbocycles. The van der Waals surface area contributed by atoms with E-state index in [1.165, 1.54) is 37.0 Å². The summed E-state index contributed by atoms with van der Waals surface area (Å²) in [4.78, 5) is 27.2. The Morgan fingerprint density at radius 2 is 1.32 bits per heavy atom. The minimum absolute atomic E-state index is 0.110. The topological polar surface area (TPSA) is 66.8 Å². The Kier molecular flexibility index (Phi) is 7.12. The molecule has 0 unspecified atom stereocenters. The van der Waals surface area contributed by atoms with Gasteiger partial charge in [0.1, 0.15) is 5.75 Å². The van der Waals surface area contributed by atoms with Crippen LogP contribution in [0, 0.1) is 0 Å². The number of methoxy groups -OCH3 is 1. The van der Waals surface area contributed by atoms with Crippen molar-refractivity contribution >= 4 is 17.4 Å². The van der Waals surface area contributed by atoms with Crippen LogP contribution in [0.3, 0.4) is 0 Å². The molecule has 0 aromatic heterocycles. The smallest absolute Gasteiger partial charge is 0.296 e. The van der Waals surface area contributed by atoms with Gasteiger partial charge in [-0.15, -0.1) is 0 Å². The number of ether oxygens (including phenoxy) is 1. The van der Waals surface area contributed by atoms with E-state index in [2.05, 4.69) is 0 Å². The van der Waals surface area contributed by atoms with E-state index in [1.807, 2.05) is 0 Å². The van der Waals surface area contributed by atoms with E-state index in [4.69, 9.17) is 4.74 Å². The van der Waals surface area contributed by atoms with Gasteiger partial charge in [0, 0.05) is 6.04 Å². The number of aliphatic hydroxyl groups is 1. The third-order valence-electron chi connectivity index (χ3n) is 5.91. The molecule has 0 saturated heterocycles. The molecular weight excluding hydrogens is 354 g/mol. The Morgan fingerprint density at radius 1 is 0.821 bits per heavy atom. The number of rotatable bonds is 3. The fourth-order valence-corrected chi connectivity index (χ4v) is 4.28. The normalized spacial score (nSPS) is 20.8. The second-order valence-corrected chi connectivity index (χ2v) is 7.85. The Morgan fingerprint density at radius 3 is 1.82 bits per heavy atom. The minimum Gasteiger partial charge on any atom is -0.502 e. The molecule has 1 fully saturated rings. The van der Waals surface area contributed by atoms with E-state index in [-0.39, 0.29) is 17.5 Å². The number of carbonyl (C=O) groups excluding carboxylic acids is 2. The number of hydrogen-bond acceptors (Lipinski definition) is 4. The Bertz CT molecular complexity index is 711. The van der Waals surface area contributed by atoms with Crippen LogP contribution in [0.1, 0.15) is 76.2 Å². The number of hydrogen-bond donors (Lipinski definition) is 1. The van der Waals surface area contributed by atoms with Crippen LogP contribution in [0.4, 0.5) is 0 Å². The van der Waals surface area contributed by atoms with Crippen molar-refractivity contribution in [1.29, 1.82) is 0 Å². The van der Waals surface area contributed by atoms with Gasteiger partial charge in [-0.2, -0.15) is 0 Å². The molecule has 28 heavy (non-hydrogen) atoms. The van der Waals surface area contributed by atoms with E-state index in [1.54, 1.807) is 31.4 Å². The molecular formula is C23H31NO4. The van der Waals surface area contributed by atoms with Gasteiger partial charge in [-0.3, -0.25) is 14.5 Å². The highest BCUT2D eigenvalue weighted by Gasteiger charge is 2.42. The zero-order valence-corrected chi connectivity index (χ0v) is 16.8. The van der Waals surface area contributed by atoms with Crippen molar-refractivity contribution in [3.05, 3.63) is 35.6 Å². The summed E-state index contributed by atoms with van der Waals surface area (Å²) in [6, 6.07) is 6.75. The van der Waals surface area contributed by atoms with Gasteiger partial charge >= 0.3 is 0 Å². The van der Waals surface area contributed by atoms with Gasteiger partial charge in [0.15, 0.2) is 5.76 Å². The lowest BCUT2D eigenvalue weighted by molar-refractivity contribution is -0.141. The molecule has 1 aliphatic carbocycles. The van der Waals surface area contributed by atoms with Crippen molar-refractivity contribution in [3.8, 4) is 5.75 Å². The summed E-state index contributed by atoms with van der Waals surface area (Å²) in [6.07, 6.45) is 12.2. The van der Waals surface area contributed by atoms with Gasteiger partial charge in [0.2, 0.25) is 0 Å². The first-order chi connectivity index (χ1) is 13.6. The molecule has 0 bridgehead atoms. The highest BCUT2D eigenvalue weighted by atomic mass is 16.5. The second kappa shape index (κ2) is 9.76. The molecule has 0 spiro atoms. The number of imide groups is 1. The van der Waals surface area contributed by atoms with Crippen molar-refractivity contribution in [2.75, 3.05) is 7.11 Å². The molecule has 5 heteroatoms. The molecule has 0 radical (unpaired) electrons. The lowest BCUT2D eigenvalue weighted by Gasteiger charge is -2.27. The number of nitrogens with zero attached hydrogens (tertiary/aromatic N) is 1. The SMILES string of the molecule is COc1ccc(C2=C(O)C(=O)N(C3CCCCCCCCCCC3)C2=O)cc1. The third kappa shape index (κ3) is 4.57. The number of benzene rings is 1.